The molecule has 0 spiro atoms. The van der Waals surface area contributed by atoms with E-state index in [-0.39, 0.29) is 23.9 Å². The maximum atomic E-state index is 13.2. The first kappa shape index (κ1) is 21.1. The minimum absolute atomic E-state index is 0. The smallest absolute Gasteiger partial charge is 0.262 e. The highest BCUT2D eigenvalue weighted by Gasteiger charge is 2.22. The van der Waals surface area contributed by atoms with E-state index < -0.39 is 17.3 Å². The molecule has 2 aromatic rings. The Hall–Kier alpha value is -1.96. The van der Waals surface area contributed by atoms with Gasteiger partial charge in [-0.2, -0.15) is 0 Å². The third kappa shape index (κ3) is 5.52. The highest BCUT2D eigenvalue weighted by Crippen LogP contribution is 2.27. The fourth-order valence-electron chi connectivity index (χ4n) is 2.00. The molecule has 5 nitrogen and oxygen atoms in total. The number of nitrogens with two attached hydrogens (primary N) is 1. The number of thiophene rings is 1. The number of hydrogen-bond donors (Lipinski definition) is 3. The molecule has 1 aromatic heterocycles. The van der Waals surface area contributed by atoms with Gasteiger partial charge in [-0.1, -0.05) is 6.07 Å². The third-order valence-corrected chi connectivity index (χ3v) is 4.56. The van der Waals surface area contributed by atoms with E-state index >= 15 is 0 Å². The average Bonchev–Trinajstić information content (AvgIpc) is 2.87. The summed E-state index contributed by atoms with van der Waals surface area (Å²) in [4.78, 5) is 25.0. The van der Waals surface area contributed by atoms with E-state index in [1.165, 1.54) is 29.5 Å². The lowest BCUT2D eigenvalue weighted by Gasteiger charge is -2.23. The van der Waals surface area contributed by atoms with E-state index in [1.807, 2.05) is 13.8 Å². The molecule has 0 radical (unpaired) electrons. The minimum Gasteiger partial charge on any atom is -0.345 e. The summed E-state index contributed by atoms with van der Waals surface area (Å²) < 4.78 is 13.2. The monoisotopic (exact) mass is 385 g/mol. The number of rotatable bonds is 5. The van der Waals surface area contributed by atoms with Crippen LogP contribution in [-0.2, 0) is 0 Å². The number of halogens is 2. The van der Waals surface area contributed by atoms with Crippen LogP contribution in [-0.4, -0.2) is 23.9 Å². The molecule has 0 aliphatic rings. The zero-order valence-corrected chi connectivity index (χ0v) is 15.8. The van der Waals surface area contributed by atoms with Gasteiger partial charge in [-0.15, -0.1) is 23.7 Å². The average molecular weight is 386 g/mol. The lowest BCUT2D eigenvalue weighted by Crippen LogP contribution is -2.48. The van der Waals surface area contributed by atoms with Crippen molar-refractivity contribution in [3.63, 3.8) is 0 Å². The summed E-state index contributed by atoms with van der Waals surface area (Å²) in [5.41, 5.74) is 6.07. The van der Waals surface area contributed by atoms with Crippen LogP contribution in [0, 0.1) is 12.7 Å². The summed E-state index contributed by atoms with van der Waals surface area (Å²) in [7, 11) is 0. The Labute approximate surface area is 156 Å². The summed E-state index contributed by atoms with van der Waals surface area (Å²) in [6.45, 7) is 5.77. The zero-order chi connectivity index (χ0) is 17.9. The first-order valence-corrected chi connectivity index (χ1v) is 8.23. The van der Waals surface area contributed by atoms with Crippen molar-refractivity contribution in [2.75, 3.05) is 11.9 Å². The second-order valence-corrected chi connectivity index (χ2v) is 7.18. The van der Waals surface area contributed by atoms with E-state index in [0.29, 0.717) is 16.4 Å². The van der Waals surface area contributed by atoms with Crippen LogP contribution in [0.3, 0.4) is 0 Å². The molecule has 136 valence electrons. The molecule has 1 aromatic carbocycles. The van der Waals surface area contributed by atoms with Crippen molar-refractivity contribution in [2.24, 2.45) is 5.73 Å². The summed E-state index contributed by atoms with van der Waals surface area (Å²) in [6.07, 6.45) is 0. The molecule has 0 aliphatic heterocycles. The van der Waals surface area contributed by atoms with E-state index in [4.69, 9.17) is 5.73 Å². The largest absolute Gasteiger partial charge is 0.345 e. The first-order valence-electron chi connectivity index (χ1n) is 7.42. The number of nitrogens with one attached hydrogen (secondary N) is 2. The van der Waals surface area contributed by atoms with Crippen molar-refractivity contribution >= 4 is 40.6 Å². The van der Waals surface area contributed by atoms with Crippen molar-refractivity contribution in [3.8, 4) is 0 Å². The molecule has 4 N–H and O–H groups in total. The van der Waals surface area contributed by atoms with Crippen LogP contribution in [0.2, 0.25) is 0 Å². The zero-order valence-electron chi connectivity index (χ0n) is 14.2. The normalized spacial score (nSPS) is 10.8. The maximum Gasteiger partial charge on any atom is 0.262 e. The van der Waals surface area contributed by atoms with Crippen LogP contribution in [0.1, 0.15) is 39.4 Å². The van der Waals surface area contributed by atoms with Gasteiger partial charge >= 0.3 is 0 Å². The minimum atomic E-state index is -0.515. The molecule has 2 rings (SSSR count). The molecule has 0 aliphatic carbocycles. The number of anilines is 1. The molecular weight excluding hydrogens is 365 g/mol. The van der Waals surface area contributed by atoms with Gasteiger partial charge in [0.15, 0.2) is 0 Å². The second kappa shape index (κ2) is 8.42. The number of aryl methyl sites for hydroxylation is 1. The van der Waals surface area contributed by atoms with Crippen LogP contribution in [0.4, 0.5) is 9.39 Å². The molecule has 0 fully saturated rings. The molecule has 0 saturated heterocycles. The van der Waals surface area contributed by atoms with Crippen molar-refractivity contribution in [1.29, 1.82) is 0 Å². The quantitative estimate of drug-likeness (QED) is 0.738. The molecule has 25 heavy (non-hydrogen) atoms. The summed E-state index contributed by atoms with van der Waals surface area (Å²) in [5.74, 6) is -1.14. The van der Waals surface area contributed by atoms with E-state index in [9.17, 15) is 14.0 Å². The van der Waals surface area contributed by atoms with Gasteiger partial charge in [0, 0.05) is 17.6 Å². The number of amides is 2. The Kier molecular flexibility index (Phi) is 7.10. The number of carbonyl (C=O) groups is 2. The third-order valence-electron chi connectivity index (χ3n) is 3.41. The van der Waals surface area contributed by atoms with Crippen molar-refractivity contribution in [1.82, 2.24) is 5.32 Å². The molecule has 0 unspecified atom stereocenters. The summed E-state index contributed by atoms with van der Waals surface area (Å²) in [6, 6.07) is 7.14. The fourth-order valence-corrected chi connectivity index (χ4v) is 2.96. The van der Waals surface area contributed by atoms with Gasteiger partial charge in [0.05, 0.1) is 9.88 Å². The lowest BCUT2D eigenvalue weighted by molar-refractivity contribution is 0.0918. The Bertz CT molecular complexity index is 777. The molecule has 0 saturated carbocycles. The second-order valence-electron chi connectivity index (χ2n) is 6.13. The molecular formula is C17H21ClFN3O2S. The first-order chi connectivity index (χ1) is 11.2. The topological polar surface area (TPSA) is 84.2 Å². The van der Waals surface area contributed by atoms with Crippen LogP contribution < -0.4 is 16.4 Å². The molecule has 0 bridgehead atoms. The van der Waals surface area contributed by atoms with Gasteiger partial charge in [-0.05, 0) is 50.6 Å². The SMILES string of the molecule is Cc1cc(NC(=O)c2cccc(F)c2)sc1C(=O)NC(C)(C)CN.Cl. The molecule has 0 atom stereocenters. The van der Waals surface area contributed by atoms with Crippen molar-refractivity contribution < 1.29 is 14.0 Å². The Morgan fingerprint density at radius 1 is 1.24 bits per heavy atom. The van der Waals surface area contributed by atoms with Crippen LogP contribution in [0.15, 0.2) is 30.3 Å². The molecule has 2 amide bonds. The Morgan fingerprint density at radius 3 is 2.52 bits per heavy atom. The van der Waals surface area contributed by atoms with Gasteiger partial charge in [0.2, 0.25) is 0 Å². The highest BCUT2D eigenvalue weighted by atomic mass is 35.5. The van der Waals surface area contributed by atoms with Crippen molar-refractivity contribution in [3.05, 3.63) is 52.2 Å². The van der Waals surface area contributed by atoms with Gasteiger partial charge in [-0.25, -0.2) is 4.39 Å². The van der Waals surface area contributed by atoms with E-state index in [2.05, 4.69) is 10.6 Å². The molecule has 8 heteroatoms. The van der Waals surface area contributed by atoms with Crippen molar-refractivity contribution in [2.45, 2.75) is 26.3 Å². The highest BCUT2D eigenvalue weighted by molar-refractivity contribution is 7.18. The van der Waals surface area contributed by atoms with E-state index in [0.717, 1.165) is 11.6 Å². The number of benzene rings is 1. The molecule has 1 heterocycles. The van der Waals surface area contributed by atoms with Crippen LogP contribution in [0.25, 0.3) is 0 Å². The Morgan fingerprint density at radius 2 is 1.92 bits per heavy atom. The van der Waals surface area contributed by atoms with Gasteiger partial charge in [0.1, 0.15) is 5.82 Å². The van der Waals surface area contributed by atoms with E-state index in [1.54, 1.807) is 13.0 Å². The number of carbonyl (C=O) groups excluding carboxylic acids is 2. The van der Waals surface area contributed by atoms with Gasteiger partial charge in [0.25, 0.3) is 11.8 Å². The predicted octanol–water partition coefficient (Wildman–Crippen LogP) is 3.34. The standard InChI is InChI=1S/C17H20FN3O2S.ClH/c1-10-7-13(20-15(22)11-5-4-6-12(18)8-11)24-14(10)16(23)21-17(2,3)9-19;/h4-8H,9,19H2,1-3H3,(H,20,22)(H,21,23);1H. The summed E-state index contributed by atoms with van der Waals surface area (Å²) >= 11 is 1.17. The lowest BCUT2D eigenvalue weighted by atomic mass is 10.1. The summed E-state index contributed by atoms with van der Waals surface area (Å²) in [5, 5.41) is 6.07. The Balaban J connectivity index is 0.00000312. The van der Waals surface area contributed by atoms with Crippen LogP contribution in [0.5, 0.6) is 0 Å². The number of hydrogen-bond acceptors (Lipinski definition) is 4. The van der Waals surface area contributed by atoms with Gasteiger partial charge < -0.3 is 16.4 Å². The van der Waals surface area contributed by atoms with Gasteiger partial charge in [-0.3, -0.25) is 9.59 Å². The maximum absolute atomic E-state index is 13.2. The van der Waals surface area contributed by atoms with Crippen LogP contribution >= 0.6 is 23.7 Å². The fraction of sp³-hybridized carbons (Fsp3) is 0.294. The predicted molar refractivity (Wildman–Crippen MR) is 101 cm³/mol.